The van der Waals surface area contributed by atoms with Crippen LogP contribution in [-0.4, -0.2) is 29.2 Å². The summed E-state index contributed by atoms with van der Waals surface area (Å²) in [5, 5.41) is 5.38. The molecule has 22 heavy (non-hydrogen) atoms. The Morgan fingerprint density at radius 2 is 1.41 bits per heavy atom. The van der Waals surface area contributed by atoms with Crippen molar-refractivity contribution in [3.05, 3.63) is 36.7 Å². The number of rotatable bonds is 6. The second-order valence-electron chi connectivity index (χ2n) is 4.16. The van der Waals surface area contributed by atoms with Crippen molar-refractivity contribution in [1.82, 2.24) is 9.97 Å². The molecule has 2 aromatic rings. The molecule has 0 atom stereocenters. The number of amides is 2. The molecule has 2 aromatic heterocycles. The van der Waals surface area contributed by atoms with Gasteiger partial charge in [0.15, 0.2) is 0 Å². The number of anilines is 2. The van der Waals surface area contributed by atoms with Gasteiger partial charge in [-0.3, -0.25) is 0 Å². The molecule has 0 aliphatic rings. The molecule has 2 amide bonds. The van der Waals surface area contributed by atoms with Gasteiger partial charge in [0.2, 0.25) is 11.8 Å². The quantitative estimate of drug-likeness (QED) is 0.857. The highest BCUT2D eigenvalue weighted by Gasteiger charge is 2.11. The van der Waals surface area contributed by atoms with Crippen LogP contribution in [0, 0.1) is 0 Å². The Hall–Kier alpha value is -2.83. The minimum Gasteiger partial charge on any atom is -0.476 e. The maximum Gasteiger partial charge on any atom is 0.323 e. The van der Waals surface area contributed by atoms with Crippen molar-refractivity contribution in [3.63, 3.8) is 0 Å². The van der Waals surface area contributed by atoms with Crippen molar-refractivity contribution >= 4 is 17.4 Å². The van der Waals surface area contributed by atoms with Gasteiger partial charge in [0.25, 0.3) is 0 Å². The first-order valence-corrected chi connectivity index (χ1v) is 6.98. The van der Waals surface area contributed by atoms with Crippen LogP contribution in [0.3, 0.4) is 0 Å². The molecule has 116 valence electrons. The van der Waals surface area contributed by atoms with Crippen LogP contribution < -0.4 is 20.1 Å². The zero-order chi connectivity index (χ0) is 15.8. The zero-order valence-corrected chi connectivity index (χ0v) is 12.5. The number of aromatic nitrogens is 2. The van der Waals surface area contributed by atoms with Crippen LogP contribution in [0.1, 0.15) is 13.8 Å². The third-order valence-electron chi connectivity index (χ3n) is 2.60. The molecule has 0 aromatic carbocycles. The zero-order valence-electron chi connectivity index (χ0n) is 12.5. The fourth-order valence-corrected chi connectivity index (χ4v) is 1.75. The van der Waals surface area contributed by atoms with E-state index in [9.17, 15) is 4.79 Å². The van der Waals surface area contributed by atoms with E-state index < -0.39 is 6.03 Å². The molecule has 0 saturated carbocycles. The average molecular weight is 302 g/mol. The monoisotopic (exact) mass is 302 g/mol. The molecule has 0 aliphatic carbocycles. The van der Waals surface area contributed by atoms with Crippen molar-refractivity contribution < 1.29 is 14.3 Å². The Morgan fingerprint density at radius 3 is 1.82 bits per heavy atom. The second kappa shape index (κ2) is 7.82. The average Bonchev–Trinajstić information content (AvgIpc) is 2.52. The molecule has 7 nitrogen and oxygen atoms in total. The predicted octanol–water partition coefficient (Wildman–Crippen LogP) is 2.92. The van der Waals surface area contributed by atoms with Gasteiger partial charge in [-0.05, 0) is 38.1 Å². The van der Waals surface area contributed by atoms with E-state index in [0.717, 1.165) is 0 Å². The van der Waals surface area contributed by atoms with Gasteiger partial charge in [-0.1, -0.05) is 0 Å². The Labute approximate surface area is 128 Å². The lowest BCUT2D eigenvalue weighted by Crippen LogP contribution is -2.20. The maximum atomic E-state index is 12.1. The number of urea groups is 1. The number of carbonyl (C=O) groups excluding carboxylic acids is 1. The molecular weight excluding hydrogens is 284 g/mol. The number of pyridine rings is 2. The number of ether oxygens (including phenoxy) is 2. The minimum atomic E-state index is -0.428. The molecule has 2 rings (SSSR count). The third-order valence-corrected chi connectivity index (χ3v) is 2.60. The number of nitrogens with one attached hydrogen (secondary N) is 2. The standard InChI is InChI=1S/C15H18N4O3/c1-3-21-13-11(7-5-9-16-13)18-15(20)19-12-8-6-10-17-14(12)22-4-2/h5-10H,3-4H2,1-2H3,(H2,18,19,20). The molecule has 7 heteroatoms. The van der Waals surface area contributed by atoms with Gasteiger partial charge in [0.05, 0.1) is 13.2 Å². The van der Waals surface area contributed by atoms with Crippen LogP contribution in [0.2, 0.25) is 0 Å². The predicted molar refractivity (Wildman–Crippen MR) is 83.5 cm³/mol. The van der Waals surface area contributed by atoms with Gasteiger partial charge in [-0.15, -0.1) is 0 Å². The van der Waals surface area contributed by atoms with Crippen LogP contribution in [0.5, 0.6) is 11.8 Å². The number of hydrogen-bond donors (Lipinski definition) is 2. The maximum absolute atomic E-state index is 12.1. The summed E-state index contributed by atoms with van der Waals surface area (Å²) in [4.78, 5) is 20.3. The van der Waals surface area contributed by atoms with Crippen molar-refractivity contribution in [3.8, 4) is 11.8 Å². The van der Waals surface area contributed by atoms with Crippen LogP contribution in [-0.2, 0) is 0 Å². The molecule has 0 radical (unpaired) electrons. The van der Waals surface area contributed by atoms with E-state index in [1.54, 1.807) is 36.7 Å². The second-order valence-corrected chi connectivity index (χ2v) is 4.16. The molecule has 0 unspecified atom stereocenters. The number of hydrogen-bond acceptors (Lipinski definition) is 5. The Morgan fingerprint density at radius 1 is 0.955 bits per heavy atom. The summed E-state index contributed by atoms with van der Waals surface area (Å²) in [5.74, 6) is 0.743. The normalized spacial score (nSPS) is 9.91. The Bertz CT molecular complexity index is 580. The van der Waals surface area contributed by atoms with Crippen molar-refractivity contribution in [2.75, 3.05) is 23.8 Å². The van der Waals surface area contributed by atoms with Gasteiger partial charge < -0.3 is 20.1 Å². The van der Waals surface area contributed by atoms with E-state index in [1.807, 2.05) is 13.8 Å². The molecule has 0 aliphatic heterocycles. The van der Waals surface area contributed by atoms with E-state index >= 15 is 0 Å². The van der Waals surface area contributed by atoms with Crippen molar-refractivity contribution in [1.29, 1.82) is 0 Å². The fraction of sp³-hybridized carbons (Fsp3) is 0.267. The topological polar surface area (TPSA) is 85.4 Å². The van der Waals surface area contributed by atoms with Crippen molar-refractivity contribution in [2.24, 2.45) is 0 Å². The molecular formula is C15H18N4O3. The summed E-state index contributed by atoms with van der Waals surface area (Å²) in [6, 6.07) is 6.43. The van der Waals surface area contributed by atoms with E-state index in [2.05, 4.69) is 20.6 Å². The largest absolute Gasteiger partial charge is 0.476 e. The van der Waals surface area contributed by atoms with E-state index in [0.29, 0.717) is 36.3 Å². The Kier molecular flexibility index (Phi) is 5.53. The van der Waals surface area contributed by atoms with Crippen LogP contribution in [0.15, 0.2) is 36.7 Å². The molecule has 2 N–H and O–H groups in total. The highest BCUT2D eigenvalue weighted by Crippen LogP contribution is 2.23. The van der Waals surface area contributed by atoms with Gasteiger partial charge in [-0.2, -0.15) is 0 Å². The molecule has 0 saturated heterocycles. The SMILES string of the molecule is CCOc1ncccc1NC(=O)Nc1cccnc1OCC. The van der Waals surface area contributed by atoms with Crippen LogP contribution >= 0.6 is 0 Å². The molecule has 0 bridgehead atoms. The number of carbonyl (C=O) groups is 1. The fourth-order valence-electron chi connectivity index (χ4n) is 1.75. The van der Waals surface area contributed by atoms with Crippen LogP contribution in [0.4, 0.5) is 16.2 Å². The lowest BCUT2D eigenvalue weighted by atomic mass is 10.4. The number of nitrogens with zero attached hydrogens (tertiary/aromatic N) is 2. The summed E-state index contributed by atoms with van der Waals surface area (Å²) >= 11 is 0. The molecule has 0 fully saturated rings. The van der Waals surface area contributed by atoms with Crippen LogP contribution in [0.25, 0.3) is 0 Å². The summed E-state index contributed by atoms with van der Waals surface area (Å²) in [7, 11) is 0. The van der Waals surface area contributed by atoms with E-state index in [1.165, 1.54) is 0 Å². The van der Waals surface area contributed by atoms with Gasteiger partial charge >= 0.3 is 6.03 Å². The smallest absolute Gasteiger partial charge is 0.323 e. The summed E-state index contributed by atoms with van der Waals surface area (Å²) in [5.41, 5.74) is 0.979. The summed E-state index contributed by atoms with van der Waals surface area (Å²) < 4.78 is 10.7. The summed E-state index contributed by atoms with van der Waals surface area (Å²) in [6.45, 7) is 4.62. The van der Waals surface area contributed by atoms with Gasteiger partial charge in [-0.25, -0.2) is 14.8 Å². The lowest BCUT2D eigenvalue weighted by Gasteiger charge is -2.12. The first-order valence-electron chi connectivity index (χ1n) is 6.98. The third kappa shape index (κ3) is 4.08. The van der Waals surface area contributed by atoms with Crippen molar-refractivity contribution in [2.45, 2.75) is 13.8 Å². The first kappa shape index (κ1) is 15.6. The minimum absolute atomic E-state index is 0.372. The highest BCUT2D eigenvalue weighted by molar-refractivity contribution is 6.01. The lowest BCUT2D eigenvalue weighted by molar-refractivity contribution is 0.261. The van der Waals surface area contributed by atoms with E-state index in [4.69, 9.17) is 9.47 Å². The highest BCUT2D eigenvalue weighted by atomic mass is 16.5. The van der Waals surface area contributed by atoms with Gasteiger partial charge in [0.1, 0.15) is 11.4 Å². The first-order chi connectivity index (χ1) is 10.7. The van der Waals surface area contributed by atoms with Gasteiger partial charge in [0, 0.05) is 12.4 Å². The van der Waals surface area contributed by atoms with E-state index in [-0.39, 0.29) is 0 Å². The Balaban J connectivity index is 2.08. The summed E-state index contributed by atoms with van der Waals surface area (Å²) in [6.07, 6.45) is 3.20. The molecule has 2 heterocycles. The molecule has 0 spiro atoms.